The van der Waals surface area contributed by atoms with Crippen molar-refractivity contribution in [3.63, 3.8) is 0 Å². The highest BCUT2D eigenvalue weighted by Crippen LogP contribution is 2.52. The van der Waals surface area contributed by atoms with Gasteiger partial charge in [0.25, 0.3) is 5.91 Å². The number of esters is 1. The lowest BCUT2D eigenvalue weighted by Crippen LogP contribution is -2.57. The SMILES string of the molecule is Cc1ccc2c3c(c(C4CC4)nc2c1)O[C@]1(CC3)CC2C(=O)NC3(C(=O)NS(=O)(=O)C4(C)CC4)CC3/C=C\CCCCC[C@H](CC(=O)OC(C)(C)C)C(=O)N2C1. The summed E-state index contributed by atoms with van der Waals surface area (Å²) >= 11 is 0. The zero-order valence-corrected chi connectivity index (χ0v) is 34.2. The van der Waals surface area contributed by atoms with Gasteiger partial charge in [0, 0.05) is 35.1 Å². The first-order chi connectivity index (χ1) is 26.4. The number of hydrogen-bond donors (Lipinski definition) is 2. The summed E-state index contributed by atoms with van der Waals surface area (Å²) in [5.41, 5.74) is 0.966. The van der Waals surface area contributed by atoms with Crippen molar-refractivity contribution in [1.82, 2.24) is 19.9 Å². The van der Waals surface area contributed by atoms with Crippen LogP contribution in [-0.4, -0.2) is 76.1 Å². The number of aryl methyl sites for hydroxylation is 2. The molecule has 0 radical (unpaired) electrons. The molecule has 12 nitrogen and oxygen atoms in total. The number of ether oxygens (including phenoxy) is 2. The van der Waals surface area contributed by atoms with E-state index in [0.29, 0.717) is 38.5 Å². The van der Waals surface area contributed by atoms with Crippen LogP contribution in [0, 0.1) is 18.8 Å². The van der Waals surface area contributed by atoms with Gasteiger partial charge in [0.2, 0.25) is 21.8 Å². The summed E-state index contributed by atoms with van der Waals surface area (Å²) < 4.78 is 40.6. The second kappa shape index (κ2) is 13.8. The zero-order chi connectivity index (χ0) is 39.8. The number of nitrogens with zero attached hydrogens (tertiary/aromatic N) is 2. The number of sulfonamides is 1. The van der Waals surface area contributed by atoms with Crippen molar-refractivity contribution >= 4 is 44.6 Å². The smallest absolute Gasteiger partial charge is 0.307 e. The number of rotatable bonds is 6. The Kier molecular flexibility index (Phi) is 9.60. The molecule has 6 aliphatic rings. The number of aromatic nitrogens is 1. The molecule has 8 rings (SSSR count). The third-order valence-corrected chi connectivity index (χ3v) is 15.1. The maximum Gasteiger partial charge on any atom is 0.307 e. The minimum atomic E-state index is -3.97. The number of carbonyl (C=O) groups excluding carboxylic acids is 4. The molecule has 2 aromatic rings. The van der Waals surface area contributed by atoms with Crippen molar-refractivity contribution in [2.24, 2.45) is 11.8 Å². The van der Waals surface area contributed by atoms with Crippen LogP contribution in [0.2, 0.25) is 0 Å². The molecule has 3 aliphatic heterocycles. The highest BCUT2D eigenvalue weighted by atomic mass is 32.2. The molecule has 2 N–H and O–H groups in total. The van der Waals surface area contributed by atoms with Crippen molar-refractivity contribution in [1.29, 1.82) is 0 Å². The van der Waals surface area contributed by atoms with Crippen LogP contribution in [0.3, 0.4) is 0 Å². The Morgan fingerprint density at radius 3 is 2.55 bits per heavy atom. The number of carbonyl (C=O) groups is 4. The maximum atomic E-state index is 14.9. The van der Waals surface area contributed by atoms with Crippen LogP contribution in [0.25, 0.3) is 10.9 Å². The van der Waals surface area contributed by atoms with E-state index in [4.69, 9.17) is 14.5 Å². The van der Waals surface area contributed by atoms with Crippen LogP contribution in [-0.2, 0) is 40.4 Å². The molecule has 3 aliphatic carbocycles. The average Bonchev–Trinajstić information content (AvgIpc) is 4.05. The number of fused-ring (bicyclic) bond motifs is 5. The minimum absolute atomic E-state index is 0.121. The van der Waals surface area contributed by atoms with Gasteiger partial charge >= 0.3 is 5.97 Å². The first-order valence-electron chi connectivity index (χ1n) is 20.6. The van der Waals surface area contributed by atoms with E-state index < -0.39 is 67.2 Å². The molecule has 302 valence electrons. The molecule has 4 fully saturated rings. The van der Waals surface area contributed by atoms with Gasteiger partial charge < -0.3 is 19.7 Å². The van der Waals surface area contributed by atoms with Crippen LogP contribution in [0.15, 0.2) is 30.4 Å². The molecular weight excluding hydrogens is 733 g/mol. The third-order valence-electron chi connectivity index (χ3n) is 12.9. The average molecular weight is 789 g/mol. The van der Waals surface area contributed by atoms with Gasteiger partial charge in [-0.2, -0.15) is 0 Å². The van der Waals surface area contributed by atoms with Gasteiger partial charge in [-0.05, 0) is 110 Å². The Morgan fingerprint density at radius 1 is 1.07 bits per heavy atom. The molecule has 1 aromatic carbocycles. The molecule has 3 saturated carbocycles. The number of benzene rings is 1. The quantitative estimate of drug-likeness (QED) is 0.271. The van der Waals surface area contributed by atoms with Crippen LogP contribution < -0.4 is 14.8 Å². The molecule has 0 bridgehead atoms. The van der Waals surface area contributed by atoms with Crippen LogP contribution >= 0.6 is 0 Å². The summed E-state index contributed by atoms with van der Waals surface area (Å²) in [4.78, 5) is 63.6. The van der Waals surface area contributed by atoms with E-state index in [1.165, 1.54) is 0 Å². The monoisotopic (exact) mass is 788 g/mol. The molecule has 56 heavy (non-hydrogen) atoms. The van der Waals surface area contributed by atoms with Crippen molar-refractivity contribution in [2.45, 2.75) is 158 Å². The molecule has 1 spiro atoms. The summed E-state index contributed by atoms with van der Waals surface area (Å²) in [6.07, 6.45) is 11.9. The predicted molar refractivity (Wildman–Crippen MR) is 210 cm³/mol. The van der Waals surface area contributed by atoms with E-state index in [0.717, 1.165) is 65.6 Å². The molecule has 13 heteroatoms. The molecular formula is C43H56N4O8S. The Morgan fingerprint density at radius 2 is 1.84 bits per heavy atom. The normalized spacial score (nSPS) is 30.8. The maximum absolute atomic E-state index is 14.9. The Bertz CT molecular complexity index is 2120. The summed E-state index contributed by atoms with van der Waals surface area (Å²) in [6.45, 7) is 9.18. The molecule has 4 heterocycles. The van der Waals surface area contributed by atoms with Crippen molar-refractivity contribution in [3.05, 3.63) is 47.2 Å². The van der Waals surface area contributed by atoms with Gasteiger partial charge in [-0.3, -0.25) is 23.9 Å². The summed E-state index contributed by atoms with van der Waals surface area (Å²) in [5.74, 6) is -2.18. The fourth-order valence-corrected chi connectivity index (χ4v) is 10.3. The van der Waals surface area contributed by atoms with E-state index >= 15 is 0 Å². The third kappa shape index (κ3) is 7.44. The summed E-state index contributed by atoms with van der Waals surface area (Å²) in [6, 6.07) is 5.26. The minimum Gasteiger partial charge on any atom is -0.483 e. The number of hydrogen-bond acceptors (Lipinski definition) is 9. The highest BCUT2D eigenvalue weighted by Gasteiger charge is 2.64. The van der Waals surface area contributed by atoms with Crippen LogP contribution in [0.5, 0.6) is 5.75 Å². The lowest BCUT2D eigenvalue weighted by molar-refractivity contribution is -0.159. The van der Waals surface area contributed by atoms with E-state index in [1.54, 1.807) is 32.6 Å². The first kappa shape index (κ1) is 38.9. The molecule has 5 atom stereocenters. The van der Waals surface area contributed by atoms with Gasteiger partial charge in [-0.25, -0.2) is 13.4 Å². The fraction of sp³-hybridized carbons (Fsp3) is 0.651. The lowest BCUT2D eigenvalue weighted by atomic mass is 9.86. The standard InChI is InChI=1S/C43H56N4O8S/c1-26-13-16-30-31-17-18-42(55-36(31)35(27-14-15-27)44-32(30)21-26)24-33-37(49)45-43(39(51)46-56(52,53)41(5)19-20-41)23-29(43)12-10-8-6-7-9-11-28(38(50)47(33)25-42)22-34(48)54-40(2,3)4/h10,12-13,16,21,27-29,33H,6-9,11,14-15,17-20,22-25H2,1-5H3,(H,45,49)(H,46,51)/b12-10-/t28-,29?,33?,42-,43?/m1/s1. The zero-order valence-electron chi connectivity index (χ0n) is 33.4. The second-order valence-electron chi connectivity index (χ2n) is 18.8. The molecule has 1 saturated heterocycles. The van der Waals surface area contributed by atoms with Gasteiger partial charge in [0.1, 0.15) is 28.5 Å². The second-order valence-corrected chi connectivity index (χ2v) is 21.0. The summed E-state index contributed by atoms with van der Waals surface area (Å²) in [5, 5.41) is 4.04. The predicted octanol–water partition coefficient (Wildman–Crippen LogP) is 5.83. The molecule has 1 aromatic heterocycles. The number of allylic oxidation sites excluding steroid dienone is 1. The largest absolute Gasteiger partial charge is 0.483 e. The Hall–Kier alpha value is -4.00. The van der Waals surface area contributed by atoms with Crippen LogP contribution in [0.1, 0.15) is 134 Å². The van der Waals surface area contributed by atoms with E-state index in [1.807, 2.05) is 12.2 Å². The molecule has 3 amide bonds. The van der Waals surface area contributed by atoms with Gasteiger partial charge in [0.05, 0.1) is 28.9 Å². The first-order valence-corrected chi connectivity index (χ1v) is 22.1. The van der Waals surface area contributed by atoms with Crippen LogP contribution in [0.4, 0.5) is 0 Å². The van der Waals surface area contributed by atoms with Gasteiger partial charge in [-0.1, -0.05) is 37.1 Å². The lowest BCUT2D eigenvalue weighted by Gasteiger charge is -2.37. The number of pyridine rings is 1. The molecule has 3 unspecified atom stereocenters. The Labute approximate surface area is 330 Å². The van der Waals surface area contributed by atoms with Crippen molar-refractivity contribution in [2.75, 3.05) is 6.54 Å². The number of amides is 3. The summed E-state index contributed by atoms with van der Waals surface area (Å²) in [7, 11) is -3.97. The van der Waals surface area contributed by atoms with E-state index in [2.05, 4.69) is 35.2 Å². The van der Waals surface area contributed by atoms with E-state index in [-0.39, 0.29) is 37.6 Å². The van der Waals surface area contributed by atoms with E-state index in [9.17, 15) is 27.6 Å². The fourth-order valence-electron chi connectivity index (χ4n) is 9.02. The highest BCUT2D eigenvalue weighted by molar-refractivity contribution is 7.91. The van der Waals surface area contributed by atoms with Crippen molar-refractivity contribution < 1.29 is 37.1 Å². The number of nitrogens with one attached hydrogen (secondary N) is 2. The van der Waals surface area contributed by atoms with Gasteiger partial charge in [0.15, 0.2) is 0 Å². The topological polar surface area (TPSA) is 161 Å². The Balaban J connectivity index is 1.15. The van der Waals surface area contributed by atoms with Gasteiger partial charge in [-0.15, -0.1) is 0 Å². The van der Waals surface area contributed by atoms with Crippen molar-refractivity contribution in [3.8, 4) is 5.75 Å².